The van der Waals surface area contributed by atoms with Crippen LogP contribution in [0, 0.1) is 12.7 Å². The molecule has 1 aliphatic heterocycles. The minimum Gasteiger partial charge on any atom is -0.488 e. The molecule has 70 valence electrons. The van der Waals surface area contributed by atoms with Crippen LogP contribution < -0.4 is 10.5 Å². The predicted octanol–water partition coefficient (Wildman–Crippen LogP) is 1.91. The molecule has 0 amide bonds. The van der Waals surface area contributed by atoms with Crippen molar-refractivity contribution in [1.29, 1.82) is 0 Å². The van der Waals surface area contributed by atoms with E-state index in [0.717, 1.165) is 16.9 Å². The molecule has 0 saturated carbocycles. The first kappa shape index (κ1) is 8.51. The standard InChI is InChI=1S/C10H12FNO/c1-5-3-7(11)4-8-9(12)6(2)13-10(5)8/h3-4,6,9H,12H2,1-2H3. The van der Waals surface area contributed by atoms with Gasteiger partial charge in [0.2, 0.25) is 0 Å². The van der Waals surface area contributed by atoms with Crippen molar-refractivity contribution in [1.82, 2.24) is 0 Å². The number of halogens is 1. The highest BCUT2D eigenvalue weighted by atomic mass is 19.1. The summed E-state index contributed by atoms with van der Waals surface area (Å²) in [5, 5.41) is 0. The van der Waals surface area contributed by atoms with E-state index >= 15 is 0 Å². The second-order valence-electron chi connectivity index (χ2n) is 3.49. The fraction of sp³-hybridized carbons (Fsp3) is 0.400. The third kappa shape index (κ3) is 1.20. The Hall–Kier alpha value is -1.09. The van der Waals surface area contributed by atoms with E-state index in [1.807, 2.05) is 13.8 Å². The quantitative estimate of drug-likeness (QED) is 0.663. The highest BCUT2D eigenvalue weighted by molar-refractivity contribution is 5.46. The number of rotatable bonds is 0. The van der Waals surface area contributed by atoms with Crippen LogP contribution in [0.5, 0.6) is 5.75 Å². The van der Waals surface area contributed by atoms with Gasteiger partial charge in [0.05, 0.1) is 6.04 Å². The SMILES string of the molecule is Cc1cc(F)cc2c1OC(C)C2N. The molecule has 0 saturated heterocycles. The Bertz CT molecular complexity index is 351. The summed E-state index contributed by atoms with van der Waals surface area (Å²) in [7, 11) is 0. The van der Waals surface area contributed by atoms with Gasteiger partial charge >= 0.3 is 0 Å². The van der Waals surface area contributed by atoms with Crippen LogP contribution >= 0.6 is 0 Å². The summed E-state index contributed by atoms with van der Waals surface area (Å²) in [6, 6.07) is 2.71. The lowest BCUT2D eigenvalue weighted by molar-refractivity contribution is 0.227. The number of nitrogens with two attached hydrogens (primary N) is 1. The van der Waals surface area contributed by atoms with E-state index in [0.29, 0.717) is 0 Å². The van der Waals surface area contributed by atoms with Gasteiger partial charge in [-0.15, -0.1) is 0 Å². The first-order valence-corrected chi connectivity index (χ1v) is 4.32. The number of hydrogen-bond donors (Lipinski definition) is 1. The zero-order chi connectivity index (χ0) is 9.59. The van der Waals surface area contributed by atoms with Crippen molar-refractivity contribution >= 4 is 0 Å². The molecule has 1 aromatic carbocycles. The smallest absolute Gasteiger partial charge is 0.127 e. The van der Waals surface area contributed by atoms with Gasteiger partial charge in [0.25, 0.3) is 0 Å². The molecule has 2 rings (SSSR count). The molecule has 2 nitrogen and oxygen atoms in total. The monoisotopic (exact) mass is 181 g/mol. The summed E-state index contributed by atoms with van der Waals surface area (Å²) in [5.74, 6) is 0.505. The Kier molecular flexibility index (Phi) is 1.77. The van der Waals surface area contributed by atoms with Gasteiger partial charge in [-0.25, -0.2) is 4.39 Å². The first-order chi connectivity index (χ1) is 6.09. The number of hydrogen-bond acceptors (Lipinski definition) is 2. The zero-order valence-electron chi connectivity index (χ0n) is 7.67. The number of fused-ring (bicyclic) bond motifs is 1. The molecular formula is C10H12FNO. The minimum atomic E-state index is -0.246. The molecule has 13 heavy (non-hydrogen) atoms. The van der Waals surface area contributed by atoms with Crippen molar-refractivity contribution in [3.63, 3.8) is 0 Å². The lowest BCUT2D eigenvalue weighted by Crippen LogP contribution is -2.21. The van der Waals surface area contributed by atoms with Gasteiger partial charge < -0.3 is 10.5 Å². The molecule has 3 heteroatoms. The third-order valence-corrected chi connectivity index (χ3v) is 2.44. The lowest BCUT2D eigenvalue weighted by atomic mass is 10.0. The van der Waals surface area contributed by atoms with Crippen LogP contribution in [0.15, 0.2) is 12.1 Å². The Labute approximate surface area is 76.5 Å². The van der Waals surface area contributed by atoms with E-state index in [1.54, 1.807) is 0 Å². The maximum Gasteiger partial charge on any atom is 0.127 e. The van der Waals surface area contributed by atoms with E-state index < -0.39 is 0 Å². The Morgan fingerprint density at radius 2 is 2.15 bits per heavy atom. The van der Waals surface area contributed by atoms with Crippen LogP contribution in [0.3, 0.4) is 0 Å². The minimum absolute atomic E-state index is 0.0597. The van der Waals surface area contributed by atoms with Crippen LogP contribution in [0.1, 0.15) is 24.1 Å². The zero-order valence-corrected chi connectivity index (χ0v) is 7.67. The molecule has 1 aliphatic rings. The molecule has 2 atom stereocenters. The molecule has 0 bridgehead atoms. The fourth-order valence-corrected chi connectivity index (χ4v) is 1.68. The van der Waals surface area contributed by atoms with E-state index in [-0.39, 0.29) is 18.0 Å². The molecule has 1 heterocycles. The lowest BCUT2D eigenvalue weighted by Gasteiger charge is -2.07. The maximum absolute atomic E-state index is 13.0. The van der Waals surface area contributed by atoms with Crippen LogP contribution in [0.4, 0.5) is 4.39 Å². The highest BCUT2D eigenvalue weighted by Crippen LogP contribution is 2.37. The number of aryl methyl sites for hydroxylation is 1. The summed E-state index contributed by atoms with van der Waals surface area (Å²) >= 11 is 0. The summed E-state index contributed by atoms with van der Waals surface area (Å²) in [4.78, 5) is 0. The molecule has 0 aromatic heterocycles. The second-order valence-corrected chi connectivity index (χ2v) is 3.49. The van der Waals surface area contributed by atoms with Crippen molar-refractivity contribution < 1.29 is 9.13 Å². The molecule has 2 N–H and O–H groups in total. The summed E-state index contributed by atoms with van der Waals surface area (Å²) in [6.07, 6.45) is -0.0597. The van der Waals surface area contributed by atoms with Crippen LogP contribution in [0.2, 0.25) is 0 Å². The fourth-order valence-electron chi connectivity index (χ4n) is 1.68. The summed E-state index contributed by atoms with van der Waals surface area (Å²) in [6.45, 7) is 3.72. The molecular weight excluding hydrogens is 169 g/mol. The van der Waals surface area contributed by atoms with E-state index in [1.165, 1.54) is 12.1 Å². The van der Waals surface area contributed by atoms with Gasteiger partial charge in [-0.2, -0.15) is 0 Å². The topological polar surface area (TPSA) is 35.2 Å². The molecule has 0 radical (unpaired) electrons. The van der Waals surface area contributed by atoms with Gasteiger partial charge in [0, 0.05) is 5.56 Å². The van der Waals surface area contributed by atoms with Gasteiger partial charge in [-0.3, -0.25) is 0 Å². The van der Waals surface area contributed by atoms with Crippen molar-refractivity contribution in [3.8, 4) is 5.75 Å². The van der Waals surface area contributed by atoms with E-state index in [2.05, 4.69) is 0 Å². The van der Waals surface area contributed by atoms with Crippen LogP contribution in [-0.2, 0) is 0 Å². The maximum atomic E-state index is 13.0. The normalized spacial score (nSPS) is 25.5. The molecule has 2 unspecified atom stereocenters. The summed E-state index contributed by atoms with van der Waals surface area (Å²) in [5.41, 5.74) is 7.43. The Morgan fingerprint density at radius 3 is 2.85 bits per heavy atom. The molecule has 0 fully saturated rings. The van der Waals surface area contributed by atoms with Gasteiger partial charge in [0.1, 0.15) is 17.7 Å². The van der Waals surface area contributed by atoms with Gasteiger partial charge in [0.15, 0.2) is 0 Å². The average molecular weight is 181 g/mol. The van der Waals surface area contributed by atoms with Crippen molar-refractivity contribution in [2.24, 2.45) is 5.73 Å². The van der Waals surface area contributed by atoms with E-state index in [4.69, 9.17) is 10.5 Å². The average Bonchev–Trinajstić information content (AvgIpc) is 2.32. The van der Waals surface area contributed by atoms with Gasteiger partial charge in [-0.1, -0.05) is 0 Å². The number of benzene rings is 1. The highest BCUT2D eigenvalue weighted by Gasteiger charge is 2.29. The first-order valence-electron chi connectivity index (χ1n) is 4.32. The van der Waals surface area contributed by atoms with Gasteiger partial charge in [-0.05, 0) is 31.5 Å². The number of ether oxygens (including phenoxy) is 1. The Balaban J connectivity index is 2.57. The predicted molar refractivity (Wildman–Crippen MR) is 48.2 cm³/mol. The molecule has 1 aromatic rings. The second kappa shape index (κ2) is 2.70. The van der Waals surface area contributed by atoms with Crippen LogP contribution in [0.25, 0.3) is 0 Å². The van der Waals surface area contributed by atoms with E-state index in [9.17, 15) is 4.39 Å². The largest absolute Gasteiger partial charge is 0.488 e. The summed E-state index contributed by atoms with van der Waals surface area (Å²) < 4.78 is 18.5. The van der Waals surface area contributed by atoms with Crippen molar-refractivity contribution in [2.75, 3.05) is 0 Å². The molecule has 0 spiro atoms. The van der Waals surface area contributed by atoms with Crippen molar-refractivity contribution in [2.45, 2.75) is 26.0 Å². The van der Waals surface area contributed by atoms with Crippen molar-refractivity contribution in [3.05, 3.63) is 29.1 Å². The Morgan fingerprint density at radius 1 is 1.46 bits per heavy atom. The molecule has 0 aliphatic carbocycles. The third-order valence-electron chi connectivity index (χ3n) is 2.44. The van der Waals surface area contributed by atoms with Crippen LogP contribution in [-0.4, -0.2) is 6.10 Å².